The minimum Gasteiger partial charge on any atom is -0.397 e. The van der Waals surface area contributed by atoms with Crippen LogP contribution in [0.25, 0.3) is 0 Å². The van der Waals surface area contributed by atoms with Crippen molar-refractivity contribution >= 4 is 40.5 Å². The first kappa shape index (κ1) is 13.6. The Morgan fingerprint density at radius 1 is 1.37 bits per heavy atom. The van der Waals surface area contributed by atoms with Crippen LogP contribution in [-0.4, -0.2) is 10.9 Å². The van der Waals surface area contributed by atoms with Crippen molar-refractivity contribution in [3.8, 4) is 0 Å². The number of benzene rings is 1. The molecule has 19 heavy (non-hydrogen) atoms. The number of pyridine rings is 1. The number of hydrogen-bond acceptors (Lipinski definition) is 3. The van der Waals surface area contributed by atoms with Crippen molar-refractivity contribution < 1.29 is 4.79 Å². The van der Waals surface area contributed by atoms with Crippen LogP contribution in [0.5, 0.6) is 0 Å². The first-order valence-corrected chi connectivity index (χ1v) is 6.22. The number of hydrogen-bond donors (Lipinski definition) is 2. The fourth-order valence-electron chi connectivity index (χ4n) is 1.56. The Balaban J connectivity index is 2.31. The Morgan fingerprint density at radius 3 is 2.84 bits per heavy atom. The molecular weight excluding hydrogens is 285 g/mol. The molecule has 6 heteroatoms. The summed E-state index contributed by atoms with van der Waals surface area (Å²) in [7, 11) is 0. The van der Waals surface area contributed by atoms with Crippen molar-refractivity contribution in [3.05, 3.63) is 51.8 Å². The van der Waals surface area contributed by atoms with Crippen molar-refractivity contribution in [2.75, 3.05) is 11.1 Å². The summed E-state index contributed by atoms with van der Waals surface area (Å²) in [6.07, 6.45) is 1.39. The van der Waals surface area contributed by atoms with Crippen LogP contribution in [0.1, 0.15) is 15.9 Å². The van der Waals surface area contributed by atoms with Crippen molar-refractivity contribution in [1.29, 1.82) is 0 Å². The number of rotatable bonds is 2. The number of amides is 1. The lowest BCUT2D eigenvalue weighted by atomic mass is 10.2. The van der Waals surface area contributed by atoms with Crippen LogP contribution in [0.3, 0.4) is 0 Å². The number of nitrogens with zero attached hydrogens (tertiary/aromatic N) is 1. The van der Waals surface area contributed by atoms with E-state index in [1.54, 1.807) is 18.2 Å². The highest BCUT2D eigenvalue weighted by Crippen LogP contribution is 2.24. The van der Waals surface area contributed by atoms with Gasteiger partial charge in [0.15, 0.2) is 0 Å². The Morgan fingerprint density at radius 2 is 2.11 bits per heavy atom. The second-order valence-electron chi connectivity index (χ2n) is 3.97. The number of nitrogen functional groups attached to an aromatic ring is 1. The van der Waals surface area contributed by atoms with Crippen LogP contribution < -0.4 is 11.1 Å². The van der Waals surface area contributed by atoms with E-state index in [0.717, 1.165) is 5.56 Å². The number of nitrogens with one attached hydrogen (secondary N) is 1. The number of aromatic nitrogens is 1. The van der Waals surface area contributed by atoms with Crippen molar-refractivity contribution in [2.24, 2.45) is 0 Å². The topological polar surface area (TPSA) is 68.0 Å². The fourth-order valence-corrected chi connectivity index (χ4v) is 1.92. The fraction of sp³-hybridized carbons (Fsp3) is 0.0769. The Kier molecular flexibility index (Phi) is 3.93. The van der Waals surface area contributed by atoms with Gasteiger partial charge >= 0.3 is 0 Å². The molecule has 0 spiro atoms. The molecule has 0 unspecified atom stereocenters. The van der Waals surface area contributed by atoms with Gasteiger partial charge in [-0.3, -0.25) is 4.79 Å². The average molecular weight is 296 g/mol. The van der Waals surface area contributed by atoms with Crippen LogP contribution in [0.4, 0.5) is 11.4 Å². The summed E-state index contributed by atoms with van der Waals surface area (Å²) in [6.45, 7) is 1.82. The molecule has 3 N–H and O–H groups in total. The lowest BCUT2D eigenvalue weighted by Gasteiger charge is -2.10. The quantitative estimate of drug-likeness (QED) is 0.833. The molecule has 1 amide bonds. The van der Waals surface area contributed by atoms with Crippen molar-refractivity contribution in [2.45, 2.75) is 6.92 Å². The molecule has 1 heterocycles. The molecular formula is C13H11Cl2N3O. The summed E-state index contributed by atoms with van der Waals surface area (Å²) in [5, 5.41) is 3.41. The minimum atomic E-state index is -0.379. The molecule has 0 saturated carbocycles. The number of carbonyl (C=O) groups is 1. The highest BCUT2D eigenvalue weighted by Gasteiger charge is 2.13. The first-order valence-electron chi connectivity index (χ1n) is 5.46. The van der Waals surface area contributed by atoms with Gasteiger partial charge in [-0.1, -0.05) is 29.3 Å². The van der Waals surface area contributed by atoms with E-state index < -0.39 is 0 Å². The molecule has 1 aromatic heterocycles. The van der Waals surface area contributed by atoms with E-state index >= 15 is 0 Å². The zero-order chi connectivity index (χ0) is 14.0. The Hall–Kier alpha value is -1.78. The number of nitrogens with two attached hydrogens (primary N) is 1. The average Bonchev–Trinajstić information content (AvgIpc) is 2.38. The van der Waals surface area contributed by atoms with Gasteiger partial charge in [-0.05, 0) is 30.7 Å². The molecule has 2 aromatic rings. The maximum atomic E-state index is 12.1. The van der Waals surface area contributed by atoms with Crippen molar-refractivity contribution in [1.82, 2.24) is 4.98 Å². The molecule has 98 valence electrons. The summed E-state index contributed by atoms with van der Waals surface area (Å²) in [6, 6.07) is 6.74. The predicted molar refractivity (Wildman–Crippen MR) is 77.8 cm³/mol. The van der Waals surface area contributed by atoms with Gasteiger partial charge in [-0.2, -0.15) is 0 Å². The number of carbonyl (C=O) groups excluding carboxylic acids is 1. The van der Waals surface area contributed by atoms with E-state index in [0.29, 0.717) is 16.4 Å². The summed E-state index contributed by atoms with van der Waals surface area (Å²) in [5.41, 5.74) is 7.59. The van der Waals surface area contributed by atoms with E-state index in [-0.39, 0.29) is 16.6 Å². The SMILES string of the molecule is Cc1c(Cl)cccc1NC(=O)c1cc(N)cnc1Cl. The van der Waals surface area contributed by atoms with E-state index in [2.05, 4.69) is 10.3 Å². The highest BCUT2D eigenvalue weighted by atomic mass is 35.5. The lowest BCUT2D eigenvalue weighted by Crippen LogP contribution is -2.14. The van der Waals surface area contributed by atoms with Crippen LogP contribution >= 0.6 is 23.2 Å². The third-order valence-corrected chi connectivity index (χ3v) is 3.33. The third kappa shape index (κ3) is 2.97. The zero-order valence-corrected chi connectivity index (χ0v) is 11.6. The Bertz CT molecular complexity index is 644. The van der Waals surface area contributed by atoms with Crippen LogP contribution in [0.15, 0.2) is 30.5 Å². The number of halogens is 2. The number of anilines is 2. The summed E-state index contributed by atoms with van der Waals surface area (Å²) in [5.74, 6) is -0.379. The van der Waals surface area contributed by atoms with Gasteiger partial charge in [0.2, 0.25) is 0 Å². The maximum Gasteiger partial charge on any atom is 0.258 e. The van der Waals surface area contributed by atoms with Crippen LogP contribution in [-0.2, 0) is 0 Å². The minimum absolute atomic E-state index is 0.103. The highest BCUT2D eigenvalue weighted by molar-refractivity contribution is 6.33. The summed E-state index contributed by atoms with van der Waals surface area (Å²) in [4.78, 5) is 16.0. The molecule has 0 bridgehead atoms. The molecule has 4 nitrogen and oxygen atoms in total. The Labute approximate surface area is 120 Å². The van der Waals surface area contributed by atoms with Gasteiger partial charge in [0.05, 0.1) is 17.4 Å². The maximum absolute atomic E-state index is 12.1. The van der Waals surface area contributed by atoms with Gasteiger partial charge in [-0.15, -0.1) is 0 Å². The molecule has 0 radical (unpaired) electrons. The van der Waals surface area contributed by atoms with E-state index in [1.165, 1.54) is 12.3 Å². The van der Waals surface area contributed by atoms with Gasteiger partial charge < -0.3 is 11.1 Å². The molecule has 0 aliphatic carbocycles. The van der Waals surface area contributed by atoms with Crippen molar-refractivity contribution in [3.63, 3.8) is 0 Å². The van der Waals surface area contributed by atoms with Crippen LogP contribution in [0.2, 0.25) is 10.2 Å². The molecule has 0 fully saturated rings. The molecule has 0 saturated heterocycles. The monoisotopic (exact) mass is 295 g/mol. The molecule has 0 atom stereocenters. The lowest BCUT2D eigenvalue weighted by molar-refractivity contribution is 0.102. The normalized spacial score (nSPS) is 10.3. The second kappa shape index (κ2) is 5.47. The van der Waals surface area contributed by atoms with Gasteiger partial charge in [0.25, 0.3) is 5.91 Å². The van der Waals surface area contributed by atoms with E-state index in [9.17, 15) is 4.79 Å². The van der Waals surface area contributed by atoms with Gasteiger partial charge in [0.1, 0.15) is 5.15 Å². The predicted octanol–water partition coefficient (Wildman–Crippen LogP) is 3.53. The molecule has 0 aliphatic heterocycles. The largest absolute Gasteiger partial charge is 0.397 e. The smallest absolute Gasteiger partial charge is 0.258 e. The molecule has 1 aromatic carbocycles. The third-order valence-electron chi connectivity index (χ3n) is 2.62. The van der Waals surface area contributed by atoms with Crippen LogP contribution in [0, 0.1) is 6.92 Å². The summed E-state index contributed by atoms with van der Waals surface area (Å²) < 4.78 is 0. The second-order valence-corrected chi connectivity index (χ2v) is 4.74. The van der Waals surface area contributed by atoms with E-state index in [4.69, 9.17) is 28.9 Å². The van der Waals surface area contributed by atoms with Gasteiger partial charge in [0, 0.05) is 10.7 Å². The standard InChI is InChI=1S/C13H11Cl2N3O/c1-7-10(14)3-2-4-11(7)18-13(19)9-5-8(16)6-17-12(9)15/h2-6H,16H2,1H3,(H,18,19). The first-order chi connectivity index (χ1) is 8.99. The summed E-state index contributed by atoms with van der Waals surface area (Å²) >= 11 is 11.9. The van der Waals surface area contributed by atoms with Gasteiger partial charge in [-0.25, -0.2) is 4.98 Å². The molecule has 0 aliphatic rings. The molecule has 2 rings (SSSR count). The zero-order valence-electron chi connectivity index (χ0n) is 10.1. The van der Waals surface area contributed by atoms with E-state index in [1.807, 2.05) is 6.92 Å².